The summed E-state index contributed by atoms with van der Waals surface area (Å²) in [6.45, 7) is 0. The number of hydrogen-bond acceptors (Lipinski definition) is 5. The maximum absolute atomic E-state index is 10.0. The second kappa shape index (κ2) is 3.47. The molecular formula is C4H10N2O4. The topological polar surface area (TPSA) is 130 Å². The molecule has 0 rings (SSSR count). The van der Waals surface area contributed by atoms with Crippen LogP contribution in [0.4, 0.5) is 0 Å². The van der Waals surface area contributed by atoms with E-state index < -0.39 is 24.3 Å². The Balaban J connectivity index is 3.94. The van der Waals surface area contributed by atoms with E-state index in [9.17, 15) is 4.79 Å². The van der Waals surface area contributed by atoms with Gasteiger partial charge in [-0.1, -0.05) is 0 Å². The van der Waals surface area contributed by atoms with Crippen molar-refractivity contribution in [3.8, 4) is 0 Å². The number of nitrogens with two attached hydrogens (primary N) is 2. The van der Waals surface area contributed by atoms with E-state index in [1.807, 2.05) is 0 Å². The van der Waals surface area contributed by atoms with E-state index in [-0.39, 0.29) is 0 Å². The number of carboxylic acid groups (broad SMARTS) is 1. The number of rotatable bonds is 3. The lowest BCUT2D eigenvalue weighted by Crippen LogP contribution is -2.53. The Morgan fingerprint density at radius 3 is 1.80 bits per heavy atom. The lowest BCUT2D eigenvalue weighted by atomic mass is 10.1. The van der Waals surface area contributed by atoms with Crippen molar-refractivity contribution in [3.63, 3.8) is 0 Å². The summed E-state index contributed by atoms with van der Waals surface area (Å²) in [4.78, 5) is 10.0. The summed E-state index contributed by atoms with van der Waals surface area (Å²) in [5.74, 6) is -1.36. The van der Waals surface area contributed by atoms with Crippen LogP contribution in [-0.2, 0) is 4.79 Å². The van der Waals surface area contributed by atoms with Crippen LogP contribution in [-0.4, -0.2) is 39.7 Å². The van der Waals surface area contributed by atoms with Crippen molar-refractivity contribution in [1.82, 2.24) is 0 Å². The normalized spacial score (nSPS) is 16.9. The molecule has 10 heavy (non-hydrogen) atoms. The predicted molar refractivity (Wildman–Crippen MR) is 31.8 cm³/mol. The fourth-order valence-corrected chi connectivity index (χ4v) is 0.350. The molecule has 0 radical (unpaired) electrons. The molecule has 0 saturated heterocycles. The molecule has 2 atom stereocenters. The maximum Gasteiger partial charge on any atom is 0.322 e. The third-order valence-corrected chi connectivity index (χ3v) is 1.04. The summed E-state index contributed by atoms with van der Waals surface area (Å²) in [6.07, 6.45) is -1.90. The van der Waals surface area contributed by atoms with Gasteiger partial charge in [-0.25, -0.2) is 0 Å². The summed E-state index contributed by atoms with van der Waals surface area (Å²) >= 11 is 0. The van der Waals surface area contributed by atoms with Gasteiger partial charge >= 0.3 is 5.97 Å². The van der Waals surface area contributed by atoms with E-state index in [1.54, 1.807) is 0 Å². The Hall–Kier alpha value is -0.690. The zero-order chi connectivity index (χ0) is 8.31. The first-order valence-corrected chi connectivity index (χ1v) is 2.57. The van der Waals surface area contributed by atoms with Gasteiger partial charge in [-0.2, -0.15) is 0 Å². The fraction of sp³-hybridized carbons (Fsp3) is 0.750. The van der Waals surface area contributed by atoms with E-state index in [2.05, 4.69) is 0 Å². The summed E-state index contributed by atoms with van der Waals surface area (Å²) in [5.41, 5.74) is 9.87. The average molecular weight is 150 g/mol. The van der Waals surface area contributed by atoms with Gasteiger partial charge in [-0.05, 0) is 0 Å². The van der Waals surface area contributed by atoms with Crippen molar-refractivity contribution >= 4 is 5.97 Å². The van der Waals surface area contributed by atoms with Crippen LogP contribution in [0.25, 0.3) is 0 Å². The van der Waals surface area contributed by atoms with Gasteiger partial charge in [0.05, 0.1) is 6.04 Å². The smallest absolute Gasteiger partial charge is 0.322 e. The number of carbonyl (C=O) groups is 1. The zero-order valence-corrected chi connectivity index (χ0v) is 5.14. The van der Waals surface area contributed by atoms with Crippen molar-refractivity contribution in [2.45, 2.75) is 18.4 Å². The highest BCUT2D eigenvalue weighted by Crippen LogP contribution is 1.90. The number of aliphatic hydroxyl groups is 2. The SMILES string of the molecule is NC(C(=O)O)C(N)C(O)O. The molecule has 0 aliphatic rings. The van der Waals surface area contributed by atoms with Crippen molar-refractivity contribution < 1.29 is 20.1 Å². The molecule has 0 heterocycles. The molecule has 0 saturated carbocycles. The Kier molecular flexibility index (Phi) is 3.23. The molecule has 0 aromatic heterocycles. The van der Waals surface area contributed by atoms with Crippen LogP contribution in [0.15, 0.2) is 0 Å². The Bertz CT molecular complexity index is 126. The van der Waals surface area contributed by atoms with Gasteiger partial charge in [0.1, 0.15) is 6.04 Å². The molecule has 6 heteroatoms. The summed E-state index contributed by atoms with van der Waals surface area (Å²) in [7, 11) is 0. The molecular weight excluding hydrogens is 140 g/mol. The summed E-state index contributed by atoms with van der Waals surface area (Å²) in [5, 5.41) is 24.8. The van der Waals surface area contributed by atoms with E-state index >= 15 is 0 Å². The average Bonchev–Trinajstić information content (AvgIpc) is 1.84. The van der Waals surface area contributed by atoms with Crippen molar-refractivity contribution in [1.29, 1.82) is 0 Å². The Morgan fingerprint density at radius 2 is 1.70 bits per heavy atom. The highest BCUT2D eigenvalue weighted by Gasteiger charge is 2.25. The second-order valence-electron chi connectivity index (χ2n) is 1.85. The second-order valence-corrected chi connectivity index (χ2v) is 1.85. The van der Waals surface area contributed by atoms with Crippen LogP contribution in [0.2, 0.25) is 0 Å². The first-order chi connectivity index (χ1) is 4.46. The minimum Gasteiger partial charge on any atom is -0.480 e. The number of aliphatic carboxylic acids is 1. The Morgan fingerprint density at radius 1 is 1.30 bits per heavy atom. The van der Waals surface area contributed by atoms with Crippen molar-refractivity contribution in [2.75, 3.05) is 0 Å². The zero-order valence-electron chi connectivity index (χ0n) is 5.14. The number of carboxylic acids is 1. The van der Waals surface area contributed by atoms with Gasteiger partial charge in [-0.15, -0.1) is 0 Å². The van der Waals surface area contributed by atoms with Crippen LogP contribution >= 0.6 is 0 Å². The molecule has 0 amide bonds. The molecule has 60 valence electrons. The Labute approximate surface area is 57.1 Å². The third kappa shape index (κ3) is 2.28. The molecule has 0 fully saturated rings. The molecule has 0 bridgehead atoms. The largest absolute Gasteiger partial charge is 0.480 e. The van der Waals surface area contributed by atoms with Crippen LogP contribution in [0, 0.1) is 0 Å². The quantitative estimate of drug-likeness (QED) is 0.273. The van der Waals surface area contributed by atoms with E-state index in [0.29, 0.717) is 0 Å². The van der Waals surface area contributed by atoms with E-state index in [1.165, 1.54) is 0 Å². The molecule has 7 N–H and O–H groups in total. The van der Waals surface area contributed by atoms with Gasteiger partial charge < -0.3 is 26.8 Å². The molecule has 0 aromatic rings. The van der Waals surface area contributed by atoms with Gasteiger partial charge in [-0.3, -0.25) is 4.79 Å². The van der Waals surface area contributed by atoms with Crippen molar-refractivity contribution in [2.24, 2.45) is 11.5 Å². The highest BCUT2D eigenvalue weighted by atomic mass is 16.5. The summed E-state index contributed by atoms with van der Waals surface area (Å²) in [6, 6.07) is -2.79. The van der Waals surface area contributed by atoms with Crippen LogP contribution < -0.4 is 11.5 Å². The molecule has 0 aliphatic heterocycles. The van der Waals surface area contributed by atoms with Gasteiger partial charge in [0.2, 0.25) is 0 Å². The van der Waals surface area contributed by atoms with E-state index in [4.69, 9.17) is 26.8 Å². The predicted octanol–water partition coefficient (Wildman–Crippen LogP) is -2.96. The molecule has 0 aromatic carbocycles. The summed E-state index contributed by atoms with van der Waals surface area (Å²) < 4.78 is 0. The fourth-order valence-electron chi connectivity index (χ4n) is 0.350. The number of aliphatic hydroxyl groups excluding tert-OH is 1. The standard InChI is InChI=1S/C4H10N2O4/c5-1(3(7)8)2(6)4(9)10/h1-3,7-8H,5-6H2,(H,9,10). The monoisotopic (exact) mass is 150 g/mol. The van der Waals surface area contributed by atoms with Crippen LogP contribution in [0.5, 0.6) is 0 Å². The van der Waals surface area contributed by atoms with Gasteiger partial charge in [0.15, 0.2) is 6.29 Å². The molecule has 6 nitrogen and oxygen atoms in total. The van der Waals surface area contributed by atoms with Crippen LogP contribution in [0.1, 0.15) is 0 Å². The lowest BCUT2D eigenvalue weighted by molar-refractivity contribution is -0.142. The van der Waals surface area contributed by atoms with Gasteiger partial charge in [0.25, 0.3) is 0 Å². The van der Waals surface area contributed by atoms with Crippen molar-refractivity contribution in [3.05, 3.63) is 0 Å². The molecule has 2 unspecified atom stereocenters. The minimum atomic E-state index is -1.90. The van der Waals surface area contributed by atoms with Crippen LogP contribution in [0.3, 0.4) is 0 Å². The highest BCUT2D eigenvalue weighted by molar-refractivity contribution is 5.74. The minimum absolute atomic E-state index is 1.35. The lowest BCUT2D eigenvalue weighted by Gasteiger charge is -2.16. The maximum atomic E-state index is 10.0. The first kappa shape index (κ1) is 9.31. The number of hydrogen-bond donors (Lipinski definition) is 5. The van der Waals surface area contributed by atoms with Gasteiger partial charge in [0, 0.05) is 0 Å². The third-order valence-electron chi connectivity index (χ3n) is 1.04. The molecule has 0 aliphatic carbocycles. The molecule has 0 spiro atoms. The van der Waals surface area contributed by atoms with E-state index in [0.717, 1.165) is 0 Å². The first-order valence-electron chi connectivity index (χ1n) is 2.57.